The van der Waals surface area contributed by atoms with Crippen LogP contribution in [-0.2, 0) is 0 Å². The maximum atomic E-state index is 8.84. The van der Waals surface area contributed by atoms with Gasteiger partial charge in [-0.1, -0.05) is 0 Å². The van der Waals surface area contributed by atoms with Crippen LogP contribution < -0.4 is 15.4 Å². The molecule has 1 atom stereocenters. The average Bonchev–Trinajstić information content (AvgIpc) is 2.35. The van der Waals surface area contributed by atoms with Crippen molar-refractivity contribution in [3.63, 3.8) is 0 Å². The van der Waals surface area contributed by atoms with Crippen LogP contribution in [-0.4, -0.2) is 45.4 Å². The van der Waals surface area contributed by atoms with Gasteiger partial charge in [-0.2, -0.15) is 15.0 Å². The lowest BCUT2D eigenvalue weighted by atomic mass is 10.2. The minimum Gasteiger partial charge on any atom is -0.461 e. The maximum Gasteiger partial charge on any atom is 0.323 e. The zero-order chi connectivity index (χ0) is 15.0. The fourth-order valence-corrected chi connectivity index (χ4v) is 1.61. The van der Waals surface area contributed by atoms with E-state index in [0.717, 1.165) is 19.4 Å². The molecule has 0 bridgehead atoms. The number of aromatic nitrogens is 3. The van der Waals surface area contributed by atoms with E-state index in [0.29, 0.717) is 17.9 Å². The largest absolute Gasteiger partial charge is 0.461 e. The predicted octanol–water partition coefficient (Wildman–Crippen LogP) is 1.66. The van der Waals surface area contributed by atoms with Gasteiger partial charge >= 0.3 is 6.01 Å². The Balaban J connectivity index is 2.79. The fourth-order valence-electron chi connectivity index (χ4n) is 1.61. The number of hydrogen-bond acceptors (Lipinski definition) is 7. The van der Waals surface area contributed by atoms with Gasteiger partial charge < -0.3 is 20.5 Å². The van der Waals surface area contributed by atoms with Crippen LogP contribution in [0.5, 0.6) is 6.01 Å². The Labute approximate surface area is 120 Å². The van der Waals surface area contributed by atoms with Gasteiger partial charge in [0.1, 0.15) is 0 Å². The molecule has 0 saturated carbocycles. The number of aliphatic hydroxyl groups is 1. The maximum absolute atomic E-state index is 8.84. The number of ether oxygens (including phenoxy) is 1. The van der Waals surface area contributed by atoms with Crippen molar-refractivity contribution in [3.8, 4) is 6.01 Å². The van der Waals surface area contributed by atoms with Crippen molar-refractivity contribution in [3.05, 3.63) is 0 Å². The van der Waals surface area contributed by atoms with E-state index in [9.17, 15) is 0 Å². The van der Waals surface area contributed by atoms with E-state index in [1.165, 1.54) is 0 Å². The summed E-state index contributed by atoms with van der Waals surface area (Å²) in [7, 11) is 0. The molecule has 0 saturated heterocycles. The molecule has 20 heavy (non-hydrogen) atoms. The van der Waals surface area contributed by atoms with E-state index < -0.39 is 0 Å². The monoisotopic (exact) mass is 283 g/mol. The number of rotatable bonds is 9. The zero-order valence-corrected chi connectivity index (χ0v) is 12.7. The lowest BCUT2D eigenvalue weighted by molar-refractivity contribution is 0.222. The van der Waals surface area contributed by atoms with Crippen molar-refractivity contribution in [2.24, 2.45) is 0 Å². The number of nitrogens with zero attached hydrogens (tertiary/aromatic N) is 3. The molecular formula is C13H25N5O2. The normalized spacial score (nSPS) is 12.3. The molecule has 0 spiro atoms. The molecule has 0 aliphatic rings. The van der Waals surface area contributed by atoms with Gasteiger partial charge in [0.2, 0.25) is 11.9 Å². The summed E-state index contributed by atoms with van der Waals surface area (Å²) in [4.78, 5) is 12.7. The molecule has 1 unspecified atom stereocenters. The summed E-state index contributed by atoms with van der Waals surface area (Å²) >= 11 is 0. The van der Waals surface area contributed by atoms with Gasteiger partial charge in [0.25, 0.3) is 0 Å². The lowest BCUT2D eigenvalue weighted by Crippen LogP contribution is -2.19. The van der Waals surface area contributed by atoms with Crippen molar-refractivity contribution < 1.29 is 9.84 Å². The molecule has 0 aromatic carbocycles. The zero-order valence-electron chi connectivity index (χ0n) is 12.7. The molecular weight excluding hydrogens is 258 g/mol. The van der Waals surface area contributed by atoms with Gasteiger partial charge in [-0.25, -0.2) is 0 Å². The first-order valence-electron chi connectivity index (χ1n) is 7.09. The molecule has 114 valence electrons. The Morgan fingerprint density at radius 3 is 2.45 bits per heavy atom. The van der Waals surface area contributed by atoms with E-state index >= 15 is 0 Å². The topological polar surface area (TPSA) is 92.2 Å². The quantitative estimate of drug-likeness (QED) is 0.634. The molecule has 0 aliphatic carbocycles. The van der Waals surface area contributed by atoms with Gasteiger partial charge in [-0.05, 0) is 40.5 Å². The highest BCUT2D eigenvalue weighted by Gasteiger charge is 2.10. The second-order valence-corrected chi connectivity index (χ2v) is 4.87. The molecule has 1 aromatic rings. The van der Waals surface area contributed by atoms with Crippen molar-refractivity contribution in [1.29, 1.82) is 0 Å². The standard InChI is InChI=1S/C13H25N5O2/c1-5-14-11-16-12(15-10(4)7-6-8-19)18-13(17-11)20-9(2)3/h9-10,19H,5-8H2,1-4H3,(H2,14,15,16,17,18). The Kier molecular flexibility index (Phi) is 7.00. The molecule has 3 N–H and O–H groups in total. The molecule has 1 rings (SSSR count). The Morgan fingerprint density at radius 2 is 1.85 bits per heavy atom. The molecule has 0 radical (unpaired) electrons. The summed E-state index contributed by atoms with van der Waals surface area (Å²) in [6.07, 6.45) is 1.60. The summed E-state index contributed by atoms with van der Waals surface area (Å²) in [6.45, 7) is 8.76. The highest BCUT2D eigenvalue weighted by Crippen LogP contribution is 2.14. The number of hydrogen-bond donors (Lipinski definition) is 3. The second kappa shape index (κ2) is 8.52. The third kappa shape index (κ3) is 6.01. The lowest BCUT2D eigenvalue weighted by Gasteiger charge is -2.15. The van der Waals surface area contributed by atoms with E-state index in [-0.39, 0.29) is 18.8 Å². The summed E-state index contributed by atoms with van der Waals surface area (Å²) in [5, 5.41) is 15.1. The van der Waals surface area contributed by atoms with Crippen molar-refractivity contribution in [1.82, 2.24) is 15.0 Å². The number of nitrogens with one attached hydrogen (secondary N) is 2. The van der Waals surface area contributed by atoms with Crippen LogP contribution in [0.15, 0.2) is 0 Å². The summed E-state index contributed by atoms with van der Waals surface area (Å²) in [5.41, 5.74) is 0. The van der Waals surface area contributed by atoms with E-state index in [1.807, 2.05) is 27.7 Å². The van der Waals surface area contributed by atoms with E-state index in [4.69, 9.17) is 9.84 Å². The highest BCUT2D eigenvalue weighted by molar-refractivity contribution is 5.36. The van der Waals surface area contributed by atoms with E-state index in [1.54, 1.807) is 0 Å². The van der Waals surface area contributed by atoms with E-state index in [2.05, 4.69) is 25.6 Å². The van der Waals surface area contributed by atoms with Gasteiger partial charge in [0.15, 0.2) is 0 Å². The molecule has 7 heteroatoms. The van der Waals surface area contributed by atoms with Gasteiger partial charge in [-0.15, -0.1) is 0 Å². The molecule has 1 aromatic heterocycles. The first-order valence-corrected chi connectivity index (χ1v) is 7.09. The second-order valence-electron chi connectivity index (χ2n) is 4.87. The SMILES string of the molecule is CCNc1nc(NC(C)CCCO)nc(OC(C)C)n1. The molecule has 0 amide bonds. The molecule has 1 heterocycles. The first-order chi connectivity index (χ1) is 9.55. The average molecular weight is 283 g/mol. The molecule has 0 aliphatic heterocycles. The predicted molar refractivity (Wildman–Crippen MR) is 79.2 cm³/mol. The van der Waals surface area contributed by atoms with Crippen molar-refractivity contribution in [2.45, 2.75) is 52.7 Å². The van der Waals surface area contributed by atoms with Gasteiger partial charge in [0, 0.05) is 19.2 Å². The summed E-state index contributed by atoms with van der Waals surface area (Å²) in [5.74, 6) is 0.979. The van der Waals surface area contributed by atoms with Crippen LogP contribution in [0.25, 0.3) is 0 Å². The Hall–Kier alpha value is -1.63. The van der Waals surface area contributed by atoms with Crippen LogP contribution in [0.4, 0.5) is 11.9 Å². The summed E-state index contributed by atoms with van der Waals surface area (Å²) < 4.78 is 5.52. The summed E-state index contributed by atoms with van der Waals surface area (Å²) in [6, 6.07) is 0.480. The number of aliphatic hydroxyl groups excluding tert-OH is 1. The number of anilines is 2. The van der Waals surface area contributed by atoms with Crippen LogP contribution in [0.2, 0.25) is 0 Å². The Bertz CT molecular complexity index is 400. The van der Waals surface area contributed by atoms with Crippen molar-refractivity contribution >= 4 is 11.9 Å². The van der Waals surface area contributed by atoms with Crippen LogP contribution >= 0.6 is 0 Å². The molecule has 0 fully saturated rings. The van der Waals surface area contributed by atoms with Gasteiger partial charge in [-0.3, -0.25) is 0 Å². The third-order valence-corrected chi connectivity index (χ3v) is 2.46. The molecule has 7 nitrogen and oxygen atoms in total. The van der Waals surface area contributed by atoms with Crippen LogP contribution in [0.1, 0.15) is 40.5 Å². The van der Waals surface area contributed by atoms with Crippen LogP contribution in [0.3, 0.4) is 0 Å². The fraction of sp³-hybridized carbons (Fsp3) is 0.769. The Morgan fingerprint density at radius 1 is 1.15 bits per heavy atom. The smallest absolute Gasteiger partial charge is 0.323 e. The van der Waals surface area contributed by atoms with Crippen LogP contribution in [0, 0.1) is 0 Å². The third-order valence-electron chi connectivity index (χ3n) is 2.46. The first kappa shape index (κ1) is 16.4. The highest BCUT2D eigenvalue weighted by atomic mass is 16.5. The van der Waals surface area contributed by atoms with Crippen molar-refractivity contribution in [2.75, 3.05) is 23.8 Å². The van der Waals surface area contributed by atoms with Gasteiger partial charge in [0.05, 0.1) is 6.10 Å². The minimum absolute atomic E-state index is 0.00605. The minimum atomic E-state index is 0.00605.